The molecule has 0 unspecified atom stereocenters. The summed E-state index contributed by atoms with van der Waals surface area (Å²) in [7, 11) is 1.37. The van der Waals surface area contributed by atoms with Gasteiger partial charge >= 0.3 is 5.97 Å². The Morgan fingerprint density at radius 1 is 1.29 bits per heavy atom. The van der Waals surface area contributed by atoms with Crippen molar-refractivity contribution in [2.75, 3.05) is 13.7 Å². The van der Waals surface area contributed by atoms with Gasteiger partial charge in [-0.1, -0.05) is 29.3 Å². The molecule has 1 amide bonds. The summed E-state index contributed by atoms with van der Waals surface area (Å²) in [6.07, 6.45) is -0.916. The van der Waals surface area contributed by atoms with Gasteiger partial charge in [-0.2, -0.15) is 0 Å². The zero-order valence-corrected chi connectivity index (χ0v) is 13.5. The fourth-order valence-corrected chi connectivity index (χ4v) is 2.24. The van der Waals surface area contributed by atoms with Gasteiger partial charge in [0.05, 0.1) is 6.04 Å². The van der Waals surface area contributed by atoms with Crippen molar-refractivity contribution in [2.45, 2.75) is 26.0 Å². The number of rotatable bonds is 6. The number of ether oxygens (including phenoxy) is 2. The maximum Gasteiger partial charge on any atom is 0.332 e. The largest absolute Gasteiger partial charge is 0.451 e. The highest BCUT2D eigenvalue weighted by molar-refractivity contribution is 6.35. The molecular formula is C14H17Cl2NO4. The van der Waals surface area contributed by atoms with Gasteiger partial charge < -0.3 is 14.8 Å². The van der Waals surface area contributed by atoms with Gasteiger partial charge in [-0.3, -0.25) is 4.79 Å². The average Bonchev–Trinajstić information content (AvgIpc) is 2.38. The van der Waals surface area contributed by atoms with Crippen LogP contribution in [0.4, 0.5) is 0 Å². The van der Waals surface area contributed by atoms with Crippen molar-refractivity contribution in [3.63, 3.8) is 0 Å². The molecule has 2 atom stereocenters. The summed E-state index contributed by atoms with van der Waals surface area (Å²) in [5.41, 5.74) is 0.727. The molecule has 0 fully saturated rings. The molecule has 0 radical (unpaired) electrons. The summed E-state index contributed by atoms with van der Waals surface area (Å²) in [6.45, 7) is 3.06. The molecule has 0 aliphatic heterocycles. The van der Waals surface area contributed by atoms with E-state index in [9.17, 15) is 9.59 Å². The standard InChI is InChI=1S/C14H17Cl2NO4/c1-8(11-5-4-10(15)6-12(11)16)17-14(19)9(2)21-13(18)7-20-3/h4-6,8-9H,7H2,1-3H3,(H,17,19)/t8-,9+/m1/s1. The molecule has 0 aliphatic carbocycles. The van der Waals surface area contributed by atoms with Gasteiger partial charge in [0, 0.05) is 17.2 Å². The van der Waals surface area contributed by atoms with Crippen LogP contribution in [0.15, 0.2) is 18.2 Å². The second kappa shape index (κ2) is 8.22. The van der Waals surface area contributed by atoms with E-state index in [1.165, 1.54) is 14.0 Å². The molecule has 1 N–H and O–H groups in total. The number of carbonyl (C=O) groups excluding carboxylic acids is 2. The van der Waals surface area contributed by atoms with Gasteiger partial charge in [-0.15, -0.1) is 0 Å². The van der Waals surface area contributed by atoms with Crippen LogP contribution in [-0.4, -0.2) is 31.7 Å². The smallest absolute Gasteiger partial charge is 0.332 e. The first-order chi connectivity index (χ1) is 9.85. The van der Waals surface area contributed by atoms with E-state index < -0.39 is 18.0 Å². The fraction of sp³-hybridized carbons (Fsp3) is 0.429. The van der Waals surface area contributed by atoms with Crippen LogP contribution >= 0.6 is 23.2 Å². The fourth-order valence-electron chi connectivity index (χ4n) is 1.66. The number of esters is 1. The third kappa shape index (κ3) is 5.53. The van der Waals surface area contributed by atoms with Crippen molar-refractivity contribution in [2.24, 2.45) is 0 Å². The third-order valence-corrected chi connectivity index (χ3v) is 3.29. The van der Waals surface area contributed by atoms with E-state index in [0.29, 0.717) is 10.0 Å². The normalized spacial score (nSPS) is 13.4. The molecule has 0 saturated heterocycles. The van der Waals surface area contributed by atoms with Gasteiger partial charge in [-0.25, -0.2) is 4.79 Å². The van der Waals surface area contributed by atoms with E-state index in [-0.39, 0.29) is 12.6 Å². The van der Waals surface area contributed by atoms with Crippen LogP contribution in [0.1, 0.15) is 25.5 Å². The lowest BCUT2D eigenvalue weighted by molar-refractivity contribution is -0.158. The van der Waals surface area contributed by atoms with Crippen LogP contribution in [0.25, 0.3) is 0 Å². The Labute approximate surface area is 133 Å². The monoisotopic (exact) mass is 333 g/mol. The predicted molar refractivity (Wildman–Crippen MR) is 80.4 cm³/mol. The highest BCUT2D eigenvalue weighted by Crippen LogP contribution is 2.26. The summed E-state index contributed by atoms with van der Waals surface area (Å²) in [5, 5.41) is 3.69. The Hall–Kier alpha value is -1.30. The molecule has 1 rings (SSSR count). The Kier molecular flexibility index (Phi) is 6.95. The van der Waals surface area contributed by atoms with Crippen LogP contribution in [0.5, 0.6) is 0 Å². The summed E-state index contributed by atoms with van der Waals surface area (Å²) in [6, 6.07) is 4.68. The molecule has 0 heterocycles. The van der Waals surface area contributed by atoms with Gasteiger partial charge in [0.1, 0.15) is 6.61 Å². The lowest BCUT2D eigenvalue weighted by Gasteiger charge is -2.19. The van der Waals surface area contributed by atoms with Crippen molar-refractivity contribution in [1.82, 2.24) is 5.32 Å². The van der Waals surface area contributed by atoms with Crippen LogP contribution in [0.2, 0.25) is 10.0 Å². The van der Waals surface area contributed by atoms with E-state index >= 15 is 0 Å². The van der Waals surface area contributed by atoms with E-state index in [1.807, 2.05) is 0 Å². The minimum Gasteiger partial charge on any atom is -0.451 e. The maximum absolute atomic E-state index is 11.9. The maximum atomic E-state index is 11.9. The van der Waals surface area contributed by atoms with Gasteiger partial charge in [-0.05, 0) is 31.5 Å². The minimum atomic E-state index is -0.916. The predicted octanol–water partition coefficient (Wildman–Crippen LogP) is 2.75. The zero-order valence-electron chi connectivity index (χ0n) is 12.0. The molecule has 0 spiro atoms. The molecule has 1 aromatic rings. The van der Waals surface area contributed by atoms with E-state index in [4.69, 9.17) is 27.9 Å². The SMILES string of the molecule is COCC(=O)O[C@@H](C)C(=O)N[C@H](C)c1ccc(Cl)cc1Cl. The van der Waals surface area contributed by atoms with E-state index in [0.717, 1.165) is 5.56 Å². The quantitative estimate of drug-likeness (QED) is 0.813. The van der Waals surface area contributed by atoms with Gasteiger partial charge in [0.15, 0.2) is 6.10 Å². The van der Waals surface area contributed by atoms with Crippen molar-refractivity contribution < 1.29 is 19.1 Å². The summed E-state index contributed by atoms with van der Waals surface area (Å²) in [5.74, 6) is -1.02. The van der Waals surface area contributed by atoms with Crippen LogP contribution in [0.3, 0.4) is 0 Å². The van der Waals surface area contributed by atoms with Crippen molar-refractivity contribution in [3.8, 4) is 0 Å². The van der Waals surface area contributed by atoms with Crippen LogP contribution in [-0.2, 0) is 19.1 Å². The van der Waals surface area contributed by atoms with Gasteiger partial charge in [0.25, 0.3) is 5.91 Å². The topological polar surface area (TPSA) is 64.6 Å². The highest BCUT2D eigenvalue weighted by atomic mass is 35.5. The van der Waals surface area contributed by atoms with Crippen LogP contribution < -0.4 is 5.32 Å². The van der Waals surface area contributed by atoms with E-state index in [1.54, 1.807) is 25.1 Å². The first-order valence-electron chi connectivity index (χ1n) is 6.29. The number of methoxy groups -OCH3 is 1. The van der Waals surface area contributed by atoms with Crippen molar-refractivity contribution >= 4 is 35.1 Å². The average molecular weight is 334 g/mol. The lowest BCUT2D eigenvalue weighted by atomic mass is 10.1. The Morgan fingerprint density at radius 3 is 2.52 bits per heavy atom. The third-order valence-electron chi connectivity index (χ3n) is 2.73. The summed E-state index contributed by atoms with van der Waals surface area (Å²) >= 11 is 11.9. The first-order valence-corrected chi connectivity index (χ1v) is 7.04. The number of hydrogen-bond acceptors (Lipinski definition) is 4. The molecule has 5 nitrogen and oxygen atoms in total. The number of benzene rings is 1. The first kappa shape index (κ1) is 17.8. The summed E-state index contributed by atoms with van der Waals surface area (Å²) < 4.78 is 9.53. The Morgan fingerprint density at radius 2 is 1.95 bits per heavy atom. The van der Waals surface area contributed by atoms with Gasteiger partial charge in [0.2, 0.25) is 0 Å². The second-order valence-corrected chi connectivity index (χ2v) is 5.30. The number of amides is 1. The second-order valence-electron chi connectivity index (χ2n) is 4.46. The van der Waals surface area contributed by atoms with E-state index in [2.05, 4.69) is 10.1 Å². The molecule has 0 bridgehead atoms. The van der Waals surface area contributed by atoms with Crippen molar-refractivity contribution in [3.05, 3.63) is 33.8 Å². The molecule has 0 aliphatic rings. The molecule has 0 aromatic heterocycles. The number of nitrogens with one attached hydrogen (secondary N) is 1. The zero-order chi connectivity index (χ0) is 16.0. The number of halogens is 2. The minimum absolute atomic E-state index is 0.198. The lowest BCUT2D eigenvalue weighted by Crippen LogP contribution is -2.37. The number of carbonyl (C=O) groups is 2. The van der Waals surface area contributed by atoms with Crippen LogP contribution in [0, 0.1) is 0 Å². The Bertz CT molecular complexity index is 522. The summed E-state index contributed by atoms with van der Waals surface area (Å²) in [4.78, 5) is 23.2. The molecule has 116 valence electrons. The molecule has 7 heteroatoms. The Balaban J connectivity index is 2.63. The molecule has 21 heavy (non-hydrogen) atoms. The van der Waals surface area contributed by atoms with Crippen molar-refractivity contribution in [1.29, 1.82) is 0 Å². The number of hydrogen-bond donors (Lipinski definition) is 1. The molecular weight excluding hydrogens is 317 g/mol. The molecule has 1 aromatic carbocycles. The molecule has 0 saturated carbocycles. The highest BCUT2D eigenvalue weighted by Gasteiger charge is 2.20.